The van der Waals surface area contributed by atoms with E-state index in [-0.39, 0.29) is 11.1 Å². The number of para-hydroxylation sites is 1. The number of quaternary nitrogens is 1. The van der Waals surface area contributed by atoms with Crippen molar-refractivity contribution in [2.24, 2.45) is 0 Å². The van der Waals surface area contributed by atoms with Crippen LogP contribution in [0.1, 0.15) is 24.2 Å². The van der Waals surface area contributed by atoms with E-state index in [4.69, 9.17) is 0 Å². The molecule has 0 aliphatic carbocycles. The van der Waals surface area contributed by atoms with E-state index in [1.807, 2.05) is 31.2 Å². The van der Waals surface area contributed by atoms with Gasteiger partial charge in [0.25, 0.3) is 0 Å². The maximum absolute atomic E-state index is 11.5. The second-order valence-corrected chi connectivity index (χ2v) is 3.96. The normalized spacial score (nSPS) is 24.4. The van der Waals surface area contributed by atoms with Crippen LogP contribution in [0.3, 0.4) is 0 Å². The molecule has 0 amide bonds. The third-order valence-electron chi connectivity index (χ3n) is 3.05. The second-order valence-electron chi connectivity index (χ2n) is 3.96. The third kappa shape index (κ3) is 1.14. The summed E-state index contributed by atoms with van der Waals surface area (Å²) in [5.41, 5.74) is 3.31. The molecule has 15 heavy (non-hydrogen) atoms. The summed E-state index contributed by atoms with van der Waals surface area (Å²) in [6, 6.07) is 8.10. The van der Waals surface area contributed by atoms with Crippen molar-refractivity contribution >= 4 is 17.0 Å². The highest BCUT2D eigenvalue weighted by molar-refractivity contribution is 5.90. The Morgan fingerprint density at radius 3 is 3.00 bits per heavy atom. The van der Waals surface area contributed by atoms with Crippen LogP contribution in [-0.2, 0) is 0 Å². The summed E-state index contributed by atoms with van der Waals surface area (Å²) in [6.45, 7) is 1.94. The fourth-order valence-electron chi connectivity index (χ4n) is 2.16. The van der Waals surface area contributed by atoms with Crippen LogP contribution >= 0.6 is 0 Å². The number of fused-ring (bicyclic) bond motifs is 3. The van der Waals surface area contributed by atoms with Crippen molar-refractivity contribution in [3.8, 4) is 0 Å². The molecule has 3 rings (SSSR count). The average molecular weight is 200 g/mol. The van der Waals surface area contributed by atoms with Crippen LogP contribution in [0.2, 0.25) is 0 Å². The Morgan fingerprint density at radius 2 is 2.13 bits per heavy atom. The van der Waals surface area contributed by atoms with Crippen LogP contribution < -0.4 is 5.06 Å². The Labute approximate surface area is 87.6 Å². The molecule has 0 fully saturated rings. The van der Waals surface area contributed by atoms with Crippen LogP contribution in [-0.4, -0.2) is 4.98 Å². The van der Waals surface area contributed by atoms with E-state index in [0.29, 0.717) is 0 Å². The maximum atomic E-state index is 11.5. The first kappa shape index (κ1) is 8.71. The highest BCUT2D eigenvalue weighted by Gasteiger charge is 2.22. The molecule has 76 valence electrons. The van der Waals surface area contributed by atoms with Gasteiger partial charge in [0.05, 0.1) is 11.9 Å². The zero-order valence-corrected chi connectivity index (χ0v) is 8.45. The fourth-order valence-corrected chi connectivity index (χ4v) is 2.16. The van der Waals surface area contributed by atoms with E-state index < -0.39 is 0 Å². The Hall–Kier alpha value is -1.58. The fraction of sp³-hybridized carbons (Fsp3) is 0.167. The average Bonchev–Trinajstić information content (AvgIpc) is 2.63. The van der Waals surface area contributed by atoms with Crippen LogP contribution in [0.15, 0.2) is 30.5 Å². The number of nitrogens with one attached hydrogen (secondary N) is 2. The van der Waals surface area contributed by atoms with Crippen LogP contribution in [0, 0.1) is 5.21 Å². The molecule has 0 bridgehead atoms. The minimum atomic E-state index is -0.0441. The molecule has 1 aromatic heterocycles. The summed E-state index contributed by atoms with van der Waals surface area (Å²) in [4.78, 5) is 3.32. The van der Waals surface area contributed by atoms with Gasteiger partial charge in [-0.15, -0.1) is 0 Å². The van der Waals surface area contributed by atoms with Gasteiger partial charge in [0, 0.05) is 22.5 Å². The number of hydrogen-bond donors (Lipinski definition) is 2. The third-order valence-corrected chi connectivity index (χ3v) is 3.05. The summed E-state index contributed by atoms with van der Waals surface area (Å²) in [6.07, 6.45) is 3.59. The number of H-pyrrole nitrogens is 1. The van der Waals surface area contributed by atoms with Crippen molar-refractivity contribution in [1.29, 1.82) is 0 Å². The standard InChI is InChI=1S/C12H12N2O/c1-8-12-10(6-7-14(8)15)9-4-2-3-5-11(9)13-12/h2-8,13-14H,1H3. The summed E-state index contributed by atoms with van der Waals surface area (Å²) in [5, 5.41) is 12.9. The zero-order valence-electron chi connectivity index (χ0n) is 8.45. The number of hydrogen-bond acceptors (Lipinski definition) is 1. The molecule has 2 unspecified atom stereocenters. The minimum absolute atomic E-state index is 0.0441. The van der Waals surface area contributed by atoms with Gasteiger partial charge in [0.1, 0.15) is 6.04 Å². The Morgan fingerprint density at radius 1 is 1.33 bits per heavy atom. The van der Waals surface area contributed by atoms with E-state index in [1.54, 1.807) is 6.20 Å². The monoisotopic (exact) mass is 200 g/mol. The van der Waals surface area contributed by atoms with Crippen LogP contribution in [0.25, 0.3) is 17.0 Å². The van der Waals surface area contributed by atoms with Gasteiger partial charge >= 0.3 is 0 Å². The summed E-state index contributed by atoms with van der Waals surface area (Å²) in [5.74, 6) is 0. The van der Waals surface area contributed by atoms with Gasteiger partial charge in [-0.25, -0.2) is 0 Å². The van der Waals surface area contributed by atoms with Crippen molar-refractivity contribution in [3.05, 3.63) is 46.9 Å². The van der Waals surface area contributed by atoms with Gasteiger partial charge in [0.2, 0.25) is 0 Å². The summed E-state index contributed by atoms with van der Waals surface area (Å²) < 4.78 is 0. The number of aromatic amines is 1. The molecule has 2 N–H and O–H groups in total. The van der Waals surface area contributed by atoms with Crippen molar-refractivity contribution in [3.63, 3.8) is 0 Å². The Kier molecular flexibility index (Phi) is 1.71. The number of benzene rings is 1. The molecular formula is C12H12N2O. The number of aromatic nitrogens is 1. The molecule has 1 aliphatic heterocycles. The molecule has 1 aliphatic rings. The van der Waals surface area contributed by atoms with Crippen molar-refractivity contribution in [2.75, 3.05) is 0 Å². The molecule has 0 radical (unpaired) electrons. The highest BCUT2D eigenvalue weighted by atomic mass is 16.5. The molecule has 2 atom stereocenters. The van der Waals surface area contributed by atoms with Gasteiger partial charge in [-0.3, -0.25) is 0 Å². The predicted octanol–water partition coefficient (Wildman–Crippen LogP) is 1.60. The first-order valence-electron chi connectivity index (χ1n) is 5.10. The largest absolute Gasteiger partial charge is 0.629 e. The van der Waals surface area contributed by atoms with Gasteiger partial charge in [0.15, 0.2) is 0 Å². The van der Waals surface area contributed by atoms with Gasteiger partial charge in [-0.2, -0.15) is 0 Å². The molecule has 3 heteroatoms. The molecule has 0 saturated heterocycles. The topological polar surface area (TPSA) is 43.3 Å². The van der Waals surface area contributed by atoms with Crippen molar-refractivity contribution in [1.82, 2.24) is 4.98 Å². The van der Waals surface area contributed by atoms with E-state index in [2.05, 4.69) is 11.1 Å². The van der Waals surface area contributed by atoms with E-state index in [9.17, 15) is 5.21 Å². The summed E-state index contributed by atoms with van der Waals surface area (Å²) in [7, 11) is 0. The SMILES string of the molecule is CC1c2[nH]c3ccccc3c2C=C[NH+]1[O-]. The quantitative estimate of drug-likeness (QED) is 0.623. The maximum Gasteiger partial charge on any atom is 0.130 e. The molecule has 0 spiro atoms. The van der Waals surface area contributed by atoms with Gasteiger partial charge in [-0.1, -0.05) is 18.2 Å². The summed E-state index contributed by atoms with van der Waals surface area (Å²) >= 11 is 0. The second kappa shape index (κ2) is 2.95. The molecule has 3 nitrogen and oxygen atoms in total. The van der Waals surface area contributed by atoms with Crippen molar-refractivity contribution < 1.29 is 5.06 Å². The molecular weight excluding hydrogens is 188 g/mol. The van der Waals surface area contributed by atoms with E-state index in [0.717, 1.165) is 16.8 Å². The minimum Gasteiger partial charge on any atom is -0.629 e. The van der Waals surface area contributed by atoms with E-state index >= 15 is 0 Å². The first-order chi connectivity index (χ1) is 7.27. The van der Waals surface area contributed by atoms with Crippen molar-refractivity contribution in [2.45, 2.75) is 13.0 Å². The van der Waals surface area contributed by atoms with Gasteiger partial charge < -0.3 is 15.3 Å². The van der Waals surface area contributed by atoms with Crippen LogP contribution in [0.5, 0.6) is 0 Å². The lowest BCUT2D eigenvalue weighted by Crippen LogP contribution is -3.02. The molecule has 2 aromatic rings. The molecule has 0 saturated carbocycles. The van der Waals surface area contributed by atoms with E-state index in [1.165, 1.54) is 5.39 Å². The highest BCUT2D eigenvalue weighted by Crippen LogP contribution is 2.28. The first-order valence-corrected chi connectivity index (χ1v) is 5.10. The zero-order chi connectivity index (χ0) is 10.4. The lowest BCUT2D eigenvalue weighted by atomic mass is 10.0. The Bertz CT molecular complexity index is 542. The molecule has 2 heterocycles. The molecule has 1 aromatic carbocycles. The predicted molar refractivity (Wildman–Crippen MR) is 60.1 cm³/mol. The lowest BCUT2D eigenvalue weighted by Gasteiger charge is -2.27. The van der Waals surface area contributed by atoms with Crippen LogP contribution in [0.4, 0.5) is 0 Å². The number of hydroxylamine groups is 2. The lowest BCUT2D eigenvalue weighted by molar-refractivity contribution is -0.826. The smallest absolute Gasteiger partial charge is 0.130 e. The number of rotatable bonds is 0. The van der Waals surface area contributed by atoms with Gasteiger partial charge in [-0.05, 0) is 13.0 Å². The Balaban J connectivity index is 2.33.